The Bertz CT molecular complexity index is 809. The molecule has 1 N–H and O–H groups in total. The van der Waals surface area contributed by atoms with Crippen LogP contribution in [0.4, 0.5) is 0 Å². The molecule has 2 saturated heterocycles. The molecule has 2 heterocycles. The number of nitrogens with zero attached hydrogens (tertiary/aromatic N) is 1. The highest BCUT2D eigenvalue weighted by molar-refractivity contribution is 5.87. The maximum absolute atomic E-state index is 12.4. The molecule has 1 unspecified atom stereocenters. The van der Waals surface area contributed by atoms with E-state index in [1.807, 2.05) is 23.1 Å². The fourth-order valence-corrected chi connectivity index (χ4v) is 3.94. The van der Waals surface area contributed by atoms with Crippen molar-refractivity contribution in [3.8, 4) is 0 Å². The van der Waals surface area contributed by atoms with E-state index in [0.717, 1.165) is 18.4 Å². The van der Waals surface area contributed by atoms with Gasteiger partial charge in [-0.05, 0) is 29.2 Å². The van der Waals surface area contributed by atoms with Gasteiger partial charge in [0.1, 0.15) is 0 Å². The lowest BCUT2D eigenvalue weighted by Gasteiger charge is -2.23. The van der Waals surface area contributed by atoms with Gasteiger partial charge in [0.25, 0.3) is 0 Å². The maximum Gasteiger partial charge on any atom is 0.225 e. The SMILES string of the molecule is O=C(NC1CC(=O)N(Cc2cccc3ccccc23)C1)C1CCOCC1. The maximum atomic E-state index is 12.4. The van der Waals surface area contributed by atoms with Gasteiger partial charge >= 0.3 is 0 Å². The summed E-state index contributed by atoms with van der Waals surface area (Å²) in [5.41, 5.74) is 1.15. The Hall–Kier alpha value is -2.40. The van der Waals surface area contributed by atoms with Crippen LogP contribution in [0, 0.1) is 5.92 Å². The monoisotopic (exact) mass is 352 g/mol. The number of likely N-dealkylation sites (tertiary alicyclic amines) is 1. The Labute approximate surface area is 153 Å². The van der Waals surface area contributed by atoms with Crippen LogP contribution in [-0.4, -0.2) is 42.5 Å². The molecule has 0 radical (unpaired) electrons. The van der Waals surface area contributed by atoms with E-state index >= 15 is 0 Å². The molecule has 2 amide bonds. The first kappa shape index (κ1) is 17.0. The number of carbonyl (C=O) groups is 2. The van der Waals surface area contributed by atoms with E-state index in [0.29, 0.717) is 32.7 Å². The van der Waals surface area contributed by atoms with E-state index in [2.05, 4.69) is 29.6 Å². The summed E-state index contributed by atoms with van der Waals surface area (Å²) >= 11 is 0. The fraction of sp³-hybridized carbons (Fsp3) is 0.429. The quantitative estimate of drug-likeness (QED) is 0.920. The van der Waals surface area contributed by atoms with Gasteiger partial charge in [-0.25, -0.2) is 0 Å². The van der Waals surface area contributed by atoms with Crippen LogP contribution < -0.4 is 5.32 Å². The van der Waals surface area contributed by atoms with E-state index in [-0.39, 0.29) is 23.8 Å². The minimum atomic E-state index is -0.0900. The minimum Gasteiger partial charge on any atom is -0.381 e. The molecule has 1 atom stereocenters. The first-order valence-electron chi connectivity index (χ1n) is 9.33. The van der Waals surface area contributed by atoms with Gasteiger partial charge in [0.15, 0.2) is 0 Å². The standard InChI is InChI=1S/C21H24N2O3/c24-20-12-18(22-21(25)16-8-10-26-11-9-16)14-23(20)13-17-6-3-5-15-4-1-2-7-19(15)17/h1-7,16,18H,8-14H2,(H,22,25). The molecule has 5 heteroatoms. The van der Waals surface area contributed by atoms with Gasteiger partial charge < -0.3 is 15.0 Å². The molecule has 2 aliphatic rings. The number of fused-ring (bicyclic) bond motifs is 1. The van der Waals surface area contributed by atoms with Crippen molar-refractivity contribution in [1.82, 2.24) is 10.2 Å². The molecule has 26 heavy (non-hydrogen) atoms. The second-order valence-corrected chi connectivity index (χ2v) is 7.21. The highest BCUT2D eigenvalue weighted by atomic mass is 16.5. The number of hydrogen-bond acceptors (Lipinski definition) is 3. The summed E-state index contributed by atoms with van der Waals surface area (Å²) in [6.45, 7) is 2.46. The van der Waals surface area contributed by atoms with Crippen LogP contribution in [0.2, 0.25) is 0 Å². The predicted molar refractivity (Wildman–Crippen MR) is 99.5 cm³/mol. The molecule has 2 aliphatic heterocycles. The molecular formula is C21H24N2O3. The van der Waals surface area contributed by atoms with Crippen LogP contribution >= 0.6 is 0 Å². The average molecular weight is 352 g/mol. The fourth-order valence-electron chi connectivity index (χ4n) is 3.94. The smallest absolute Gasteiger partial charge is 0.225 e. The Balaban J connectivity index is 1.40. The minimum absolute atomic E-state index is 0.0194. The topological polar surface area (TPSA) is 58.6 Å². The van der Waals surface area contributed by atoms with E-state index in [1.54, 1.807) is 0 Å². The molecule has 2 aromatic carbocycles. The number of hydrogen-bond donors (Lipinski definition) is 1. The first-order valence-corrected chi connectivity index (χ1v) is 9.33. The number of nitrogens with one attached hydrogen (secondary N) is 1. The zero-order valence-electron chi connectivity index (χ0n) is 14.8. The number of rotatable bonds is 4. The van der Waals surface area contributed by atoms with Gasteiger partial charge in [0, 0.05) is 38.6 Å². The third-order valence-corrected chi connectivity index (χ3v) is 5.39. The van der Waals surface area contributed by atoms with Gasteiger partial charge in [0.05, 0.1) is 6.04 Å². The molecule has 4 rings (SSSR count). The molecule has 0 aliphatic carbocycles. The second-order valence-electron chi connectivity index (χ2n) is 7.21. The van der Waals surface area contributed by atoms with Crippen molar-refractivity contribution in [1.29, 1.82) is 0 Å². The number of amides is 2. The van der Waals surface area contributed by atoms with Crippen LogP contribution in [0.3, 0.4) is 0 Å². The highest BCUT2D eigenvalue weighted by Gasteiger charge is 2.32. The molecule has 0 spiro atoms. The third kappa shape index (κ3) is 3.58. The van der Waals surface area contributed by atoms with E-state index in [1.165, 1.54) is 10.8 Å². The van der Waals surface area contributed by atoms with Crippen molar-refractivity contribution in [2.75, 3.05) is 19.8 Å². The van der Waals surface area contributed by atoms with E-state index in [9.17, 15) is 9.59 Å². The van der Waals surface area contributed by atoms with E-state index < -0.39 is 0 Å². The van der Waals surface area contributed by atoms with Crippen molar-refractivity contribution in [2.45, 2.75) is 31.8 Å². The number of benzene rings is 2. The lowest BCUT2D eigenvalue weighted by molar-refractivity contribution is -0.128. The lowest BCUT2D eigenvalue weighted by Crippen LogP contribution is -2.42. The summed E-state index contributed by atoms with van der Waals surface area (Å²) in [6.07, 6.45) is 1.93. The highest BCUT2D eigenvalue weighted by Crippen LogP contribution is 2.23. The van der Waals surface area contributed by atoms with Crippen molar-refractivity contribution < 1.29 is 14.3 Å². The molecule has 136 valence electrons. The molecule has 0 aromatic heterocycles. The van der Waals surface area contributed by atoms with Crippen LogP contribution in [0.1, 0.15) is 24.8 Å². The van der Waals surface area contributed by atoms with Crippen molar-refractivity contribution in [2.24, 2.45) is 5.92 Å². The molecule has 2 fully saturated rings. The summed E-state index contributed by atoms with van der Waals surface area (Å²) in [6, 6.07) is 14.3. The Morgan fingerprint density at radius 1 is 1.12 bits per heavy atom. The molecule has 5 nitrogen and oxygen atoms in total. The van der Waals surface area contributed by atoms with Gasteiger partial charge in [0.2, 0.25) is 11.8 Å². The zero-order chi connectivity index (χ0) is 17.9. The zero-order valence-corrected chi connectivity index (χ0v) is 14.8. The Morgan fingerprint density at radius 2 is 1.88 bits per heavy atom. The van der Waals surface area contributed by atoms with Gasteiger partial charge in [-0.15, -0.1) is 0 Å². The normalized spacial score (nSPS) is 21.3. The molecular weight excluding hydrogens is 328 g/mol. The number of ether oxygens (including phenoxy) is 1. The average Bonchev–Trinajstić information content (AvgIpc) is 3.01. The summed E-state index contributed by atoms with van der Waals surface area (Å²) in [7, 11) is 0. The molecule has 2 aromatic rings. The third-order valence-electron chi connectivity index (χ3n) is 5.39. The van der Waals surface area contributed by atoms with Crippen LogP contribution in [-0.2, 0) is 20.9 Å². The van der Waals surface area contributed by atoms with Gasteiger partial charge in [-0.2, -0.15) is 0 Å². The van der Waals surface area contributed by atoms with Crippen molar-refractivity contribution in [3.63, 3.8) is 0 Å². The number of carbonyl (C=O) groups excluding carboxylic acids is 2. The molecule has 0 bridgehead atoms. The van der Waals surface area contributed by atoms with Gasteiger partial charge in [-0.1, -0.05) is 42.5 Å². The summed E-state index contributed by atoms with van der Waals surface area (Å²) in [5, 5.41) is 5.43. The Kier molecular flexibility index (Phi) is 4.89. The first-order chi connectivity index (χ1) is 12.7. The van der Waals surface area contributed by atoms with Crippen molar-refractivity contribution >= 4 is 22.6 Å². The summed E-state index contributed by atoms with van der Waals surface area (Å²) in [4.78, 5) is 26.7. The van der Waals surface area contributed by atoms with Crippen LogP contribution in [0.15, 0.2) is 42.5 Å². The Morgan fingerprint density at radius 3 is 2.73 bits per heavy atom. The van der Waals surface area contributed by atoms with Crippen molar-refractivity contribution in [3.05, 3.63) is 48.0 Å². The van der Waals surface area contributed by atoms with Gasteiger partial charge in [-0.3, -0.25) is 9.59 Å². The van der Waals surface area contributed by atoms with E-state index in [4.69, 9.17) is 4.74 Å². The lowest BCUT2D eigenvalue weighted by atomic mass is 9.99. The largest absolute Gasteiger partial charge is 0.381 e. The van der Waals surface area contributed by atoms with Crippen LogP contribution in [0.25, 0.3) is 10.8 Å². The summed E-state index contributed by atoms with van der Waals surface area (Å²) < 4.78 is 5.31. The summed E-state index contributed by atoms with van der Waals surface area (Å²) in [5.74, 6) is 0.194. The van der Waals surface area contributed by atoms with Crippen LogP contribution in [0.5, 0.6) is 0 Å². The second kappa shape index (κ2) is 7.46. The molecule has 0 saturated carbocycles. The predicted octanol–water partition coefficient (Wildman–Crippen LogP) is 2.48.